The molecule has 0 aliphatic rings. The van der Waals surface area contributed by atoms with Gasteiger partial charge in [-0.25, -0.2) is 4.79 Å². The van der Waals surface area contributed by atoms with E-state index >= 15 is 0 Å². The highest BCUT2D eigenvalue weighted by molar-refractivity contribution is 5.95. The first kappa shape index (κ1) is 21.4. The van der Waals surface area contributed by atoms with Gasteiger partial charge in [0.2, 0.25) is 0 Å². The van der Waals surface area contributed by atoms with Crippen molar-refractivity contribution in [2.45, 2.75) is 19.5 Å². The van der Waals surface area contributed by atoms with E-state index in [0.717, 1.165) is 12.0 Å². The maximum atomic E-state index is 12.0. The van der Waals surface area contributed by atoms with E-state index in [1.807, 2.05) is 19.1 Å². The number of quaternary nitrogens is 1. The zero-order valence-corrected chi connectivity index (χ0v) is 14.5. The summed E-state index contributed by atoms with van der Waals surface area (Å²) < 4.78 is 35.9. The third-order valence-electron chi connectivity index (χ3n) is 3.30. The predicted molar refractivity (Wildman–Crippen MR) is 88.7 cm³/mol. The number of anilines is 1. The Bertz CT molecular complexity index is 650. The zero-order chi connectivity index (χ0) is 19.7. The van der Waals surface area contributed by atoms with Crippen LogP contribution in [0.4, 0.5) is 23.7 Å². The van der Waals surface area contributed by atoms with Crippen molar-refractivity contribution in [3.63, 3.8) is 0 Å². The van der Waals surface area contributed by atoms with Crippen LogP contribution in [0.25, 0.3) is 0 Å². The van der Waals surface area contributed by atoms with Crippen molar-refractivity contribution < 1.29 is 32.5 Å². The van der Waals surface area contributed by atoms with Gasteiger partial charge in [-0.05, 0) is 18.1 Å². The van der Waals surface area contributed by atoms with E-state index < -0.39 is 24.7 Å². The van der Waals surface area contributed by atoms with Crippen LogP contribution in [0.5, 0.6) is 0 Å². The first-order chi connectivity index (χ1) is 12.1. The summed E-state index contributed by atoms with van der Waals surface area (Å²) in [6, 6.07) is 6.07. The molecule has 1 unspecified atom stereocenters. The lowest BCUT2D eigenvalue weighted by molar-refractivity contribution is -0.862. The van der Waals surface area contributed by atoms with Crippen molar-refractivity contribution >= 4 is 23.5 Å². The van der Waals surface area contributed by atoms with Gasteiger partial charge in [0.15, 0.2) is 13.1 Å². The number of carbonyl (C=O) groups is 3. The molecule has 1 atom stereocenters. The Labute approximate surface area is 148 Å². The highest BCUT2D eigenvalue weighted by Crippen LogP contribution is 2.14. The number of aryl methyl sites for hydroxylation is 1. The van der Waals surface area contributed by atoms with E-state index in [4.69, 9.17) is 0 Å². The van der Waals surface area contributed by atoms with Crippen LogP contribution >= 0.6 is 0 Å². The second-order valence-corrected chi connectivity index (χ2v) is 5.72. The summed E-state index contributed by atoms with van der Waals surface area (Å²) in [5, 5.41) is 6.06. The molecule has 26 heavy (non-hydrogen) atoms. The maximum absolute atomic E-state index is 12.0. The highest BCUT2D eigenvalue weighted by atomic mass is 19.4. The molecule has 1 aromatic carbocycles. The van der Waals surface area contributed by atoms with Crippen LogP contribution in [0.2, 0.25) is 0 Å². The fourth-order valence-electron chi connectivity index (χ4n) is 2.15. The lowest BCUT2D eigenvalue weighted by atomic mass is 10.1. The number of hydrogen-bond acceptors (Lipinski definition) is 3. The van der Waals surface area contributed by atoms with Gasteiger partial charge in [-0.3, -0.25) is 14.9 Å². The van der Waals surface area contributed by atoms with Crippen molar-refractivity contribution in [3.05, 3.63) is 29.8 Å². The minimum Gasteiger partial charge on any atom is -0.329 e. The number of alkyl halides is 3. The van der Waals surface area contributed by atoms with Gasteiger partial charge >= 0.3 is 12.2 Å². The van der Waals surface area contributed by atoms with E-state index in [1.165, 1.54) is 5.32 Å². The van der Waals surface area contributed by atoms with Gasteiger partial charge in [0, 0.05) is 5.69 Å². The standard InChI is InChI=1S/C16H21F3N4O3/c1-3-11-6-4-5-7-12(11)21-13(24)8-23(2)9-14(25)22-15(26)20-10-16(17,18)19/h4-7H,3,8-10H2,1-2H3,(H,21,24)(H2,20,22,25,26)/p+1. The highest BCUT2D eigenvalue weighted by Gasteiger charge is 2.28. The largest absolute Gasteiger partial charge is 0.405 e. The molecule has 1 rings (SSSR count). The molecule has 0 fully saturated rings. The van der Waals surface area contributed by atoms with Crippen molar-refractivity contribution in [2.24, 2.45) is 0 Å². The fraction of sp³-hybridized carbons (Fsp3) is 0.438. The number of amides is 4. The molecular formula is C16H22F3N4O3+. The monoisotopic (exact) mass is 375 g/mol. The number of benzene rings is 1. The van der Waals surface area contributed by atoms with Crippen LogP contribution in [0, 0.1) is 0 Å². The zero-order valence-electron chi connectivity index (χ0n) is 14.5. The Kier molecular flexibility index (Phi) is 8.04. The number of urea groups is 1. The second-order valence-electron chi connectivity index (χ2n) is 5.72. The molecule has 4 amide bonds. The van der Waals surface area contributed by atoms with Crippen LogP contribution in [0.15, 0.2) is 24.3 Å². The van der Waals surface area contributed by atoms with Crippen LogP contribution in [0.1, 0.15) is 12.5 Å². The summed E-state index contributed by atoms with van der Waals surface area (Å²) >= 11 is 0. The number of halogens is 3. The van der Waals surface area contributed by atoms with Crippen molar-refractivity contribution in [1.82, 2.24) is 10.6 Å². The van der Waals surface area contributed by atoms with Gasteiger partial charge in [-0.15, -0.1) is 0 Å². The SMILES string of the molecule is CCc1ccccc1NC(=O)C[NH+](C)CC(=O)NC(=O)NCC(F)(F)F. The van der Waals surface area contributed by atoms with E-state index in [1.54, 1.807) is 24.5 Å². The molecular weight excluding hydrogens is 353 g/mol. The molecule has 0 spiro atoms. The van der Waals surface area contributed by atoms with Gasteiger partial charge in [0.05, 0.1) is 7.05 Å². The summed E-state index contributed by atoms with van der Waals surface area (Å²) in [6.45, 7) is 0.127. The Morgan fingerprint density at radius 1 is 1.08 bits per heavy atom. The van der Waals surface area contributed by atoms with E-state index in [0.29, 0.717) is 10.6 Å². The molecule has 7 nitrogen and oxygen atoms in total. The van der Waals surface area contributed by atoms with E-state index in [2.05, 4.69) is 5.32 Å². The summed E-state index contributed by atoms with van der Waals surface area (Å²) in [6.07, 6.45) is -3.82. The summed E-state index contributed by atoms with van der Waals surface area (Å²) in [4.78, 5) is 35.3. The molecule has 0 aromatic heterocycles. The van der Waals surface area contributed by atoms with Gasteiger partial charge in [0.25, 0.3) is 11.8 Å². The molecule has 144 valence electrons. The minimum absolute atomic E-state index is 0.0460. The van der Waals surface area contributed by atoms with Crippen LogP contribution in [-0.4, -0.2) is 50.7 Å². The van der Waals surface area contributed by atoms with E-state index in [-0.39, 0.29) is 19.0 Å². The van der Waals surface area contributed by atoms with Gasteiger partial charge in [-0.2, -0.15) is 13.2 Å². The van der Waals surface area contributed by atoms with Crippen LogP contribution < -0.4 is 20.9 Å². The number of imide groups is 1. The van der Waals surface area contributed by atoms with Crippen molar-refractivity contribution in [1.29, 1.82) is 0 Å². The molecule has 0 aliphatic heterocycles. The Balaban J connectivity index is 2.40. The van der Waals surface area contributed by atoms with Gasteiger partial charge in [-0.1, -0.05) is 25.1 Å². The van der Waals surface area contributed by atoms with Crippen LogP contribution in [0.3, 0.4) is 0 Å². The Hall–Kier alpha value is -2.62. The number of hydrogen-bond donors (Lipinski definition) is 4. The topological polar surface area (TPSA) is 91.7 Å². The molecule has 0 saturated heterocycles. The Morgan fingerprint density at radius 3 is 2.31 bits per heavy atom. The maximum Gasteiger partial charge on any atom is 0.405 e. The number of likely N-dealkylation sites (N-methyl/N-ethyl adjacent to an activating group) is 1. The average molecular weight is 375 g/mol. The number of nitrogens with one attached hydrogen (secondary N) is 4. The summed E-state index contributed by atoms with van der Waals surface area (Å²) in [5.41, 5.74) is 1.65. The van der Waals surface area contributed by atoms with Crippen molar-refractivity contribution in [3.8, 4) is 0 Å². The number of para-hydroxylation sites is 1. The summed E-state index contributed by atoms with van der Waals surface area (Å²) in [5.74, 6) is -1.11. The lowest BCUT2D eigenvalue weighted by Gasteiger charge is -2.15. The van der Waals surface area contributed by atoms with E-state index in [9.17, 15) is 27.6 Å². The third-order valence-corrected chi connectivity index (χ3v) is 3.30. The molecule has 0 heterocycles. The van der Waals surface area contributed by atoms with Gasteiger partial charge in [0.1, 0.15) is 6.54 Å². The molecule has 10 heteroatoms. The molecule has 0 radical (unpaired) electrons. The summed E-state index contributed by atoms with van der Waals surface area (Å²) in [7, 11) is 1.55. The number of carbonyl (C=O) groups excluding carboxylic acids is 3. The minimum atomic E-state index is -4.56. The predicted octanol–water partition coefficient (Wildman–Crippen LogP) is 0.0903. The molecule has 0 bridgehead atoms. The van der Waals surface area contributed by atoms with Crippen molar-refractivity contribution in [2.75, 3.05) is 32.0 Å². The molecule has 0 aliphatic carbocycles. The first-order valence-electron chi connectivity index (χ1n) is 7.94. The smallest absolute Gasteiger partial charge is 0.329 e. The Morgan fingerprint density at radius 2 is 1.69 bits per heavy atom. The van der Waals surface area contributed by atoms with Gasteiger partial charge < -0.3 is 15.5 Å². The lowest BCUT2D eigenvalue weighted by Crippen LogP contribution is -3.11. The molecule has 4 N–H and O–H groups in total. The first-order valence-corrected chi connectivity index (χ1v) is 7.94. The quantitative estimate of drug-likeness (QED) is 0.544. The molecule has 1 aromatic rings. The third kappa shape index (κ3) is 8.47. The normalized spacial score (nSPS) is 12.2. The number of rotatable bonds is 7. The fourth-order valence-corrected chi connectivity index (χ4v) is 2.15. The second kappa shape index (κ2) is 9.76. The molecule has 0 saturated carbocycles. The average Bonchev–Trinajstić information content (AvgIpc) is 2.52. The van der Waals surface area contributed by atoms with Crippen LogP contribution in [-0.2, 0) is 16.0 Å².